The Morgan fingerprint density at radius 3 is 2.70 bits per heavy atom. The quantitative estimate of drug-likeness (QED) is 0.688. The Labute approximate surface area is 194 Å². The van der Waals surface area contributed by atoms with E-state index in [-0.39, 0.29) is 23.1 Å². The number of alkyl halides is 3. The monoisotopic (exact) mass is 505 g/mol. The van der Waals surface area contributed by atoms with Crippen LogP contribution >= 0.6 is 11.3 Å². The van der Waals surface area contributed by atoms with Crippen LogP contribution < -0.4 is 0 Å². The van der Waals surface area contributed by atoms with E-state index in [0.717, 1.165) is 16.9 Å². The van der Waals surface area contributed by atoms with E-state index >= 15 is 0 Å². The lowest BCUT2D eigenvalue weighted by molar-refractivity contribution is -0.135. The van der Waals surface area contributed by atoms with Crippen LogP contribution in [0, 0.1) is 0 Å². The number of piperidine rings is 1. The van der Waals surface area contributed by atoms with E-state index in [0.29, 0.717) is 62.4 Å². The Morgan fingerprint density at radius 2 is 2.06 bits per heavy atom. The minimum Gasteiger partial charge on any atom is -0.392 e. The summed E-state index contributed by atoms with van der Waals surface area (Å²) in [7, 11) is -2.98. The molecule has 0 amide bonds. The molecule has 7 nitrogen and oxygen atoms in total. The molecule has 3 aliphatic rings. The summed E-state index contributed by atoms with van der Waals surface area (Å²) in [5.74, 6) is 0.316. The normalized spacial score (nSPS) is 24.9. The zero-order chi connectivity index (χ0) is 23.4. The fourth-order valence-corrected chi connectivity index (χ4v) is 8.42. The molecule has 0 radical (unpaired) electrons. The first-order valence-corrected chi connectivity index (χ1v) is 13.7. The van der Waals surface area contributed by atoms with E-state index in [9.17, 15) is 26.7 Å². The molecule has 1 spiro atoms. The molecule has 1 unspecified atom stereocenters. The molecule has 12 heteroatoms. The van der Waals surface area contributed by atoms with Crippen LogP contribution in [0.5, 0.6) is 0 Å². The van der Waals surface area contributed by atoms with Crippen molar-refractivity contribution in [2.75, 3.05) is 31.2 Å². The van der Waals surface area contributed by atoms with Crippen LogP contribution in [0.1, 0.15) is 51.7 Å². The maximum absolute atomic E-state index is 13.5. The van der Waals surface area contributed by atoms with E-state index in [1.165, 1.54) is 0 Å². The lowest BCUT2D eigenvalue weighted by atomic mass is 9.84. The molecule has 0 saturated carbocycles. The number of hydrogen-bond acceptors (Lipinski definition) is 7. The Hall–Kier alpha value is -1.47. The maximum atomic E-state index is 13.5. The number of fused-ring (bicyclic) bond motifs is 2. The third kappa shape index (κ3) is 4.36. The number of aliphatic hydroxyl groups excluding tert-OH is 1. The van der Waals surface area contributed by atoms with Crippen molar-refractivity contribution in [1.82, 2.24) is 14.7 Å². The van der Waals surface area contributed by atoms with Gasteiger partial charge >= 0.3 is 6.18 Å². The molecular weight excluding hydrogens is 479 g/mol. The van der Waals surface area contributed by atoms with Gasteiger partial charge in [0.1, 0.15) is 10.5 Å². The van der Waals surface area contributed by atoms with E-state index < -0.39 is 33.1 Å². The molecular formula is C21H26F3N3O4S2. The van der Waals surface area contributed by atoms with Crippen LogP contribution in [0.4, 0.5) is 13.2 Å². The van der Waals surface area contributed by atoms with Crippen molar-refractivity contribution in [3.05, 3.63) is 38.8 Å². The zero-order valence-corrected chi connectivity index (χ0v) is 19.6. The predicted octanol–water partition coefficient (Wildman–Crippen LogP) is 2.88. The molecule has 2 fully saturated rings. The van der Waals surface area contributed by atoms with Crippen molar-refractivity contribution in [1.29, 1.82) is 0 Å². The summed E-state index contributed by atoms with van der Waals surface area (Å²) in [6.45, 7) is 1.70. The Morgan fingerprint density at radius 1 is 1.30 bits per heavy atom. The van der Waals surface area contributed by atoms with Crippen molar-refractivity contribution in [3.8, 4) is 0 Å². The Bertz CT molecular complexity index is 1130. The number of nitrogens with zero attached hydrogens (tertiary/aromatic N) is 3. The number of hydrogen-bond donors (Lipinski definition) is 1. The van der Waals surface area contributed by atoms with E-state index in [4.69, 9.17) is 4.74 Å². The first kappa shape index (κ1) is 23.3. The molecule has 3 aliphatic heterocycles. The van der Waals surface area contributed by atoms with Gasteiger partial charge in [-0.25, -0.2) is 8.42 Å². The van der Waals surface area contributed by atoms with Gasteiger partial charge in [0.05, 0.1) is 37.0 Å². The van der Waals surface area contributed by atoms with Crippen molar-refractivity contribution in [3.63, 3.8) is 0 Å². The SMILES string of the molecule is O=S1(=O)CCC(n2cc(CN3CCC4(CC3)OCCc3c4sc(C(F)(F)F)c3CO)cn2)C1. The largest absolute Gasteiger partial charge is 0.425 e. The smallest absolute Gasteiger partial charge is 0.392 e. The highest BCUT2D eigenvalue weighted by Crippen LogP contribution is 2.50. The van der Waals surface area contributed by atoms with Gasteiger partial charge in [0, 0.05) is 41.8 Å². The Balaban J connectivity index is 1.28. The third-order valence-corrected chi connectivity index (χ3v) is 10.2. The second-order valence-electron chi connectivity index (χ2n) is 9.13. The van der Waals surface area contributed by atoms with E-state index in [1.54, 1.807) is 10.9 Å². The van der Waals surface area contributed by atoms with Gasteiger partial charge in [0.15, 0.2) is 9.84 Å². The van der Waals surface area contributed by atoms with E-state index in [1.807, 2.05) is 6.20 Å². The topological polar surface area (TPSA) is 84.7 Å². The van der Waals surface area contributed by atoms with Gasteiger partial charge < -0.3 is 9.84 Å². The first-order valence-electron chi connectivity index (χ1n) is 11.0. The van der Waals surface area contributed by atoms with Crippen LogP contribution in [0.15, 0.2) is 12.4 Å². The summed E-state index contributed by atoms with van der Waals surface area (Å²) in [4.78, 5) is 2.14. The van der Waals surface area contributed by atoms with Crippen molar-refractivity contribution < 1.29 is 31.4 Å². The van der Waals surface area contributed by atoms with Crippen molar-refractivity contribution in [2.24, 2.45) is 0 Å². The van der Waals surface area contributed by atoms with Crippen LogP contribution in [-0.2, 0) is 45.9 Å². The second kappa shape index (κ2) is 8.33. The molecule has 1 atom stereocenters. The Kier molecular flexibility index (Phi) is 5.88. The maximum Gasteiger partial charge on any atom is 0.425 e. The van der Waals surface area contributed by atoms with Gasteiger partial charge in [-0.3, -0.25) is 9.58 Å². The second-order valence-corrected chi connectivity index (χ2v) is 12.4. The van der Waals surface area contributed by atoms with Gasteiger partial charge in [-0.2, -0.15) is 18.3 Å². The van der Waals surface area contributed by atoms with Gasteiger partial charge in [-0.1, -0.05) is 0 Å². The average Bonchev–Trinajstić information content (AvgIpc) is 3.46. The number of aliphatic hydroxyl groups is 1. The highest BCUT2D eigenvalue weighted by Gasteiger charge is 2.47. The predicted molar refractivity (Wildman–Crippen MR) is 116 cm³/mol. The molecule has 0 aromatic carbocycles. The van der Waals surface area contributed by atoms with Crippen molar-refractivity contribution >= 4 is 21.2 Å². The minimum atomic E-state index is -4.49. The highest BCUT2D eigenvalue weighted by molar-refractivity contribution is 7.91. The van der Waals surface area contributed by atoms with Gasteiger partial charge in [-0.05, 0) is 31.2 Å². The molecule has 2 aromatic rings. The van der Waals surface area contributed by atoms with Crippen molar-refractivity contribution in [2.45, 2.75) is 56.7 Å². The summed E-state index contributed by atoms with van der Waals surface area (Å²) < 4.78 is 72.0. The van der Waals surface area contributed by atoms with Gasteiger partial charge in [0.25, 0.3) is 0 Å². The lowest BCUT2D eigenvalue weighted by Gasteiger charge is -2.43. The molecule has 5 rings (SSSR count). The summed E-state index contributed by atoms with van der Waals surface area (Å²) in [6, 6.07) is -0.121. The number of ether oxygens (including phenoxy) is 1. The molecule has 0 aliphatic carbocycles. The number of thiophene rings is 1. The summed E-state index contributed by atoms with van der Waals surface area (Å²) in [6.07, 6.45) is 1.29. The number of likely N-dealkylation sites (tertiary alicyclic amines) is 1. The first-order chi connectivity index (χ1) is 15.6. The minimum absolute atomic E-state index is 0.00828. The fourth-order valence-electron chi connectivity index (χ4n) is 5.29. The van der Waals surface area contributed by atoms with Crippen LogP contribution in [0.3, 0.4) is 0 Å². The van der Waals surface area contributed by atoms with Crippen LogP contribution in [0.25, 0.3) is 0 Å². The molecule has 1 N–H and O–H groups in total. The molecule has 182 valence electrons. The van der Waals surface area contributed by atoms with Gasteiger partial charge in [0.2, 0.25) is 0 Å². The van der Waals surface area contributed by atoms with Gasteiger partial charge in [-0.15, -0.1) is 11.3 Å². The van der Waals surface area contributed by atoms with Crippen LogP contribution in [0.2, 0.25) is 0 Å². The zero-order valence-electron chi connectivity index (χ0n) is 18.0. The molecule has 0 bridgehead atoms. The summed E-state index contributed by atoms with van der Waals surface area (Å²) >= 11 is 0.730. The van der Waals surface area contributed by atoms with E-state index in [2.05, 4.69) is 10.00 Å². The summed E-state index contributed by atoms with van der Waals surface area (Å²) in [5.41, 5.74) is 0.875. The standard InChI is InChI=1S/C21H26F3N3O4S2/c22-21(23,24)19-17(12-28)16-1-7-31-20(18(16)32-19)3-5-26(6-4-20)10-14-9-25-27(11-14)15-2-8-33(29,30)13-15/h9,11,15,28H,1-8,10,12-13H2. The molecule has 5 heterocycles. The molecule has 2 saturated heterocycles. The molecule has 33 heavy (non-hydrogen) atoms. The lowest BCUT2D eigenvalue weighted by Crippen LogP contribution is -2.45. The fraction of sp³-hybridized carbons (Fsp3) is 0.667. The van der Waals surface area contributed by atoms with Crippen LogP contribution in [-0.4, -0.2) is 59.4 Å². The number of aromatic nitrogens is 2. The number of rotatable bonds is 4. The molecule has 2 aromatic heterocycles. The number of sulfone groups is 1. The highest BCUT2D eigenvalue weighted by atomic mass is 32.2. The summed E-state index contributed by atoms with van der Waals surface area (Å²) in [5, 5.41) is 14.0. The number of halogens is 3. The average molecular weight is 506 g/mol. The third-order valence-electron chi connectivity index (χ3n) is 6.98.